The number of nitrogens with zero attached hydrogens (tertiary/aromatic N) is 1. The van der Waals surface area contributed by atoms with Crippen molar-refractivity contribution in [3.05, 3.63) is 0 Å². The van der Waals surface area contributed by atoms with E-state index in [4.69, 9.17) is 0 Å². The first-order valence-corrected chi connectivity index (χ1v) is 6.48. The summed E-state index contributed by atoms with van der Waals surface area (Å²) in [6.45, 7) is 5.43. The lowest BCUT2D eigenvalue weighted by Gasteiger charge is -2.29. The summed E-state index contributed by atoms with van der Waals surface area (Å²) in [6, 6.07) is 0.260. The Bertz CT molecular complexity index is 193. The van der Waals surface area contributed by atoms with Gasteiger partial charge in [0.15, 0.2) is 0 Å². The molecule has 0 radical (unpaired) electrons. The van der Waals surface area contributed by atoms with E-state index in [1.807, 2.05) is 0 Å². The van der Waals surface area contributed by atoms with Gasteiger partial charge in [-0.2, -0.15) is 12.6 Å². The molecule has 0 aromatic heterocycles. The average molecular weight is 230 g/mol. The van der Waals surface area contributed by atoms with Crippen molar-refractivity contribution in [2.75, 3.05) is 25.4 Å². The second-order valence-electron chi connectivity index (χ2n) is 4.30. The number of carbonyl (C=O) groups is 1. The van der Waals surface area contributed by atoms with Crippen LogP contribution in [0.1, 0.15) is 32.6 Å². The van der Waals surface area contributed by atoms with Crippen LogP contribution in [-0.2, 0) is 4.79 Å². The van der Waals surface area contributed by atoms with Crippen molar-refractivity contribution in [2.24, 2.45) is 0 Å². The van der Waals surface area contributed by atoms with Crippen molar-refractivity contribution in [1.29, 1.82) is 0 Å². The van der Waals surface area contributed by atoms with E-state index in [1.54, 1.807) is 0 Å². The Labute approximate surface area is 98.0 Å². The van der Waals surface area contributed by atoms with E-state index in [0.29, 0.717) is 12.2 Å². The molecule has 1 aliphatic rings. The predicted octanol–water partition coefficient (Wildman–Crippen LogP) is 1.30. The zero-order chi connectivity index (χ0) is 11.1. The van der Waals surface area contributed by atoms with Gasteiger partial charge in [-0.1, -0.05) is 6.42 Å². The van der Waals surface area contributed by atoms with Crippen molar-refractivity contribution in [1.82, 2.24) is 10.2 Å². The molecule has 1 unspecified atom stereocenters. The number of thiol groups is 1. The normalized spacial score (nSPS) is 19.9. The number of hydrogen-bond donors (Lipinski definition) is 2. The molecule has 88 valence electrons. The first-order valence-electron chi connectivity index (χ1n) is 5.85. The molecule has 1 saturated heterocycles. The minimum atomic E-state index is 0.120. The number of amides is 1. The third-order valence-electron chi connectivity index (χ3n) is 2.73. The standard InChI is InChI=1S/C11H22N2OS/c1-10(12-11(14)5-8-15)9-13-6-3-2-4-7-13/h10,15H,2-9H2,1H3,(H,12,14). The molecule has 0 spiro atoms. The van der Waals surface area contributed by atoms with Gasteiger partial charge in [0, 0.05) is 19.0 Å². The van der Waals surface area contributed by atoms with E-state index >= 15 is 0 Å². The highest BCUT2D eigenvalue weighted by molar-refractivity contribution is 7.80. The summed E-state index contributed by atoms with van der Waals surface area (Å²) in [7, 11) is 0. The van der Waals surface area contributed by atoms with Gasteiger partial charge in [-0.15, -0.1) is 0 Å². The lowest BCUT2D eigenvalue weighted by molar-refractivity contribution is -0.121. The van der Waals surface area contributed by atoms with E-state index in [1.165, 1.54) is 32.4 Å². The third kappa shape index (κ3) is 5.42. The molecule has 0 saturated carbocycles. The fourth-order valence-corrected chi connectivity index (χ4v) is 2.23. The molecular formula is C11H22N2OS. The summed E-state index contributed by atoms with van der Waals surface area (Å²) in [5, 5.41) is 3.00. The second kappa shape index (κ2) is 7.12. The molecule has 1 rings (SSSR count). The van der Waals surface area contributed by atoms with Gasteiger partial charge >= 0.3 is 0 Å². The fourth-order valence-electron chi connectivity index (χ4n) is 2.02. The predicted molar refractivity (Wildman–Crippen MR) is 66.4 cm³/mol. The van der Waals surface area contributed by atoms with Gasteiger partial charge in [0.25, 0.3) is 0 Å². The summed E-state index contributed by atoms with van der Waals surface area (Å²) in [5.41, 5.74) is 0. The van der Waals surface area contributed by atoms with Crippen LogP contribution in [0, 0.1) is 0 Å². The molecular weight excluding hydrogens is 208 g/mol. The highest BCUT2D eigenvalue weighted by atomic mass is 32.1. The summed E-state index contributed by atoms with van der Waals surface area (Å²) in [5.74, 6) is 0.747. The molecule has 4 heteroatoms. The Kier molecular flexibility index (Phi) is 6.10. The van der Waals surface area contributed by atoms with Crippen LogP contribution in [0.2, 0.25) is 0 Å². The lowest BCUT2D eigenvalue weighted by atomic mass is 10.1. The summed E-state index contributed by atoms with van der Waals surface area (Å²) < 4.78 is 0. The van der Waals surface area contributed by atoms with Crippen LogP contribution in [0.5, 0.6) is 0 Å². The van der Waals surface area contributed by atoms with Crippen molar-refractivity contribution < 1.29 is 4.79 Å². The molecule has 15 heavy (non-hydrogen) atoms. The minimum absolute atomic E-state index is 0.120. The molecule has 1 heterocycles. The van der Waals surface area contributed by atoms with Crippen LogP contribution >= 0.6 is 12.6 Å². The molecule has 0 bridgehead atoms. The van der Waals surface area contributed by atoms with Crippen LogP contribution in [0.4, 0.5) is 0 Å². The summed E-state index contributed by atoms with van der Waals surface area (Å²) in [4.78, 5) is 13.8. The monoisotopic (exact) mass is 230 g/mol. The SMILES string of the molecule is CC(CN1CCCCC1)NC(=O)CCS. The molecule has 1 N–H and O–H groups in total. The third-order valence-corrected chi connectivity index (χ3v) is 2.95. The Morgan fingerprint density at radius 1 is 1.40 bits per heavy atom. The van der Waals surface area contributed by atoms with Gasteiger partial charge in [0.1, 0.15) is 0 Å². The number of likely N-dealkylation sites (tertiary alicyclic amines) is 1. The highest BCUT2D eigenvalue weighted by Crippen LogP contribution is 2.08. The Hall–Kier alpha value is -0.220. The van der Waals surface area contributed by atoms with Crippen LogP contribution in [0.25, 0.3) is 0 Å². The maximum absolute atomic E-state index is 11.3. The molecule has 1 amide bonds. The van der Waals surface area contributed by atoms with Crippen LogP contribution in [-0.4, -0.2) is 42.2 Å². The number of carbonyl (C=O) groups excluding carboxylic acids is 1. The van der Waals surface area contributed by atoms with Gasteiger partial charge in [0.05, 0.1) is 0 Å². The van der Waals surface area contributed by atoms with Crippen molar-refractivity contribution in [3.8, 4) is 0 Å². The average Bonchev–Trinajstić information content (AvgIpc) is 2.19. The quantitative estimate of drug-likeness (QED) is 0.698. The molecule has 1 fully saturated rings. The molecule has 1 atom stereocenters. The Morgan fingerprint density at radius 3 is 2.67 bits per heavy atom. The van der Waals surface area contributed by atoms with Gasteiger partial charge in [0.2, 0.25) is 5.91 Å². The molecule has 0 aliphatic carbocycles. The van der Waals surface area contributed by atoms with Gasteiger partial charge in [-0.3, -0.25) is 4.79 Å². The maximum atomic E-state index is 11.3. The first kappa shape index (κ1) is 12.8. The number of hydrogen-bond acceptors (Lipinski definition) is 3. The zero-order valence-corrected chi connectivity index (χ0v) is 10.4. The van der Waals surface area contributed by atoms with E-state index in [9.17, 15) is 4.79 Å². The minimum Gasteiger partial charge on any atom is -0.352 e. The largest absolute Gasteiger partial charge is 0.352 e. The first-order chi connectivity index (χ1) is 7.22. The van der Waals surface area contributed by atoms with Crippen molar-refractivity contribution >= 4 is 18.5 Å². The zero-order valence-electron chi connectivity index (χ0n) is 9.54. The molecule has 0 aromatic rings. The lowest BCUT2D eigenvalue weighted by Crippen LogP contribution is -2.43. The van der Waals surface area contributed by atoms with Gasteiger partial charge < -0.3 is 10.2 Å². The smallest absolute Gasteiger partial charge is 0.221 e. The maximum Gasteiger partial charge on any atom is 0.221 e. The van der Waals surface area contributed by atoms with Gasteiger partial charge in [-0.05, 0) is 38.6 Å². The Morgan fingerprint density at radius 2 is 2.07 bits per heavy atom. The second-order valence-corrected chi connectivity index (χ2v) is 4.75. The van der Waals surface area contributed by atoms with E-state index in [0.717, 1.165) is 6.54 Å². The van der Waals surface area contributed by atoms with E-state index < -0.39 is 0 Å². The fraction of sp³-hybridized carbons (Fsp3) is 0.909. The van der Waals surface area contributed by atoms with Crippen molar-refractivity contribution in [3.63, 3.8) is 0 Å². The summed E-state index contributed by atoms with van der Waals surface area (Å²) >= 11 is 4.04. The number of piperidine rings is 1. The van der Waals surface area contributed by atoms with E-state index in [2.05, 4.69) is 29.8 Å². The Balaban J connectivity index is 2.16. The van der Waals surface area contributed by atoms with Crippen LogP contribution in [0.3, 0.4) is 0 Å². The molecule has 0 aromatic carbocycles. The molecule has 3 nitrogen and oxygen atoms in total. The van der Waals surface area contributed by atoms with Gasteiger partial charge in [-0.25, -0.2) is 0 Å². The highest BCUT2D eigenvalue weighted by Gasteiger charge is 2.14. The molecule has 1 aliphatic heterocycles. The number of nitrogens with one attached hydrogen (secondary N) is 1. The van der Waals surface area contributed by atoms with Crippen LogP contribution in [0.15, 0.2) is 0 Å². The van der Waals surface area contributed by atoms with Crippen LogP contribution < -0.4 is 5.32 Å². The number of rotatable bonds is 5. The van der Waals surface area contributed by atoms with E-state index in [-0.39, 0.29) is 11.9 Å². The topological polar surface area (TPSA) is 32.3 Å². The van der Waals surface area contributed by atoms with Crippen molar-refractivity contribution in [2.45, 2.75) is 38.6 Å². The summed E-state index contributed by atoms with van der Waals surface area (Å²) in [6.07, 6.45) is 4.49.